The lowest BCUT2D eigenvalue weighted by atomic mass is 10.4. The first-order valence-electron chi connectivity index (χ1n) is 9.45. The second kappa shape index (κ2) is 24.7. The minimum atomic E-state index is 0.245. The van der Waals surface area contributed by atoms with Gasteiger partial charge in [0, 0.05) is 13.7 Å². The normalized spacial score (nSPS) is 11.2. The van der Waals surface area contributed by atoms with E-state index in [2.05, 4.69) is 6.92 Å². The number of hydrogen-bond acceptors (Lipinski definition) is 8. The third kappa shape index (κ3) is 23.7. The van der Waals surface area contributed by atoms with Gasteiger partial charge in [0.15, 0.2) is 0 Å². The van der Waals surface area contributed by atoms with Crippen molar-refractivity contribution >= 4 is 7.69 Å². The molecule has 0 aromatic carbocycles. The van der Waals surface area contributed by atoms with E-state index in [0.29, 0.717) is 79.3 Å². The predicted molar refractivity (Wildman–Crippen MR) is 99.9 cm³/mol. The van der Waals surface area contributed by atoms with Crippen LogP contribution in [0.25, 0.3) is 0 Å². The van der Waals surface area contributed by atoms with Crippen molar-refractivity contribution in [1.29, 1.82) is 0 Å². The van der Waals surface area contributed by atoms with Crippen molar-refractivity contribution < 1.29 is 37.7 Å². The molecular formula is C17H37BO8. The summed E-state index contributed by atoms with van der Waals surface area (Å²) in [6.07, 6.45) is 2.25. The number of hydrogen-bond donors (Lipinski definition) is 0. The number of ether oxygens (including phenoxy) is 6. The fraction of sp³-hybridized carbons (Fsp3) is 1.00. The summed E-state index contributed by atoms with van der Waals surface area (Å²) in [7, 11) is 1.89. The average Bonchev–Trinajstić information content (AvgIpc) is 2.66. The van der Waals surface area contributed by atoms with Gasteiger partial charge in [-0.05, 0) is 6.42 Å². The Morgan fingerprint density at radius 2 is 0.885 bits per heavy atom. The predicted octanol–water partition coefficient (Wildman–Crippen LogP) is 0.816. The molecule has 0 bridgehead atoms. The highest BCUT2D eigenvalue weighted by Gasteiger charge is 1.96. The molecule has 0 N–H and O–H groups in total. The van der Waals surface area contributed by atoms with Gasteiger partial charge in [-0.2, -0.15) is 0 Å². The summed E-state index contributed by atoms with van der Waals surface area (Å²) in [4.78, 5) is 0. The van der Waals surface area contributed by atoms with E-state index in [9.17, 15) is 0 Å². The van der Waals surface area contributed by atoms with Crippen LogP contribution in [0.15, 0.2) is 0 Å². The largest absolute Gasteiger partial charge is 0.438 e. The molecule has 0 radical (unpaired) electrons. The molecule has 26 heavy (non-hydrogen) atoms. The summed E-state index contributed by atoms with van der Waals surface area (Å²) < 4.78 is 42.2. The molecule has 0 aliphatic rings. The molecule has 0 fully saturated rings. The van der Waals surface area contributed by atoms with Crippen LogP contribution in [-0.2, 0) is 37.7 Å². The summed E-state index contributed by atoms with van der Waals surface area (Å²) in [5, 5.41) is 0. The maximum absolute atomic E-state index is 5.38. The van der Waals surface area contributed by atoms with Gasteiger partial charge in [-0.25, -0.2) is 0 Å². The molecule has 0 heterocycles. The van der Waals surface area contributed by atoms with Crippen LogP contribution in [0.3, 0.4) is 0 Å². The Morgan fingerprint density at radius 1 is 0.500 bits per heavy atom. The molecule has 156 valence electrons. The number of methoxy groups -OCH3 is 1. The molecule has 0 aliphatic carbocycles. The van der Waals surface area contributed by atoms with E-state index in [1.54, 1.807) is 7.11 Å². The van der Waals surface area contributed by atoms with Gasteiger partial charge in [0.25, 0.3) is 0 Å². The molecule has 0 aromatic heterocycles. The van der Waals surface area contributed by atoms with Crippen molar-refractivity contribution in [2.45, 2.75) is 19.8 Å². The molecule has 8 nitrogen and oxygen atoms in total. The fourth-order valence-electron chi connectivity index (χ4n) is 1.67. The minimum absolute atomic E-state index is 0.245. The molecule has 0 aliphatic heterocycles. The van der Waals surface area contributed by atoms with Crippen molar-refractivity contribution in [3.05, 3.63) is 0 Å². The Kier molecular flexibility index (Phi) is 24.5. The smallest absolute Gasteiger partial charge is 0.412 e. The molecular weight excluding hydrogens is 343 g/mol. The molecule has 0 saturated heterocycles. The van der Waals surface area contributed by atoms with Crippen LogP contribution in [0.1, 0.15) is 19.8 Å². The molecule has 0 aromatic rings. The maximum atomic E-state index is 5.38. The monoisotopic (exact) mass is 380 g/mol. The SMILES string of the molecule is CCCCOCCOCCOBOCCOCCOCCOCCOC. The number of rotatable bonds is 23. The molecule has 0 amide bonds. The van der Waals surface area contributed by atoms with E-state index < -0.39 is 0 Å². The second-order valence-corrected chi connectivity index (χ2v) is 5.34. The molecule has 0 spiro atoms. The Bertz CT molecular complexity index is 225. The van der Waals surface area contributed by atoms with Crippen LogP contribution >= 0.6 is 0 Å². The Morgan fingerprint density at radius 3 is 1.31 bits per heavy atom. The molecule has 9 heteroatoms. The van der Waals surface area contributed by atoms with Crippen LogP contribution in [-0.4, -0.2) is 101 Å². The van der Waals surface area contributed by atoms with E-state index >= 15 is 0 Å². The van der Waals surface area contributed by atoms with Crippen molar-refractivity contribution in [2.75, 3.05) is 93.0 Å². The lowest BCUT2D eigenvalue weighted by Crippen LogP contribution is -2.16. The summed E-state index contributed by atoms with van der Waals surface area (Å²) in [6.45, 7) is 9.66. The Labute approximate surface area is 159 Å². The van der Waals surface area contributed by atoms with Gasteiger partial charge in [-0.15, -0.1) is 0 Å². The van der Waals surface area contributed by atoms with Crippen LogP contribution in [0.4, 0.5) is 0 Å². The van der Waals surface area contributed by atoms with Crippen molar-refractivity contribution in [3.8, 4) is 0 Å². The highest BCUT2D eigenvalue weighted by molar-refractivity contribution is 6.17. The maximum Gasteiger partial charge on any atom is 0.438 e. The highest BCUT2D eigenvalue weighted by atomic mass is 16.6. The lowest BCUT2D eigenvalue weighted by Gasteiger charge is -2.08. The van der Waals surface area contributed by atoms with Gasteiger partial charge >= 0.3 is 7.69 Å². The molecule has 0 atom stereocenters. The van der Waals surface area contributed by atoms with Gasteiger partial charge < -0.3 is 37.7 Å². The van der Waals surface area contributed by atoms with Gasteiger partial charge in [0.2, 0.25) is 0 Å². The van der Waals surface area contributed by atoms with Crippen molar-refractivity contribution in [2.24, 2.45) is 0 Å². The van der Waals surface area contributed by atoms with E-state index in [0.717, 1.165) is 19.4 Å². The quantitative estimate of drug-likeness (QED) is 0.191. The third-order valence-corrected chi connectivity index (χ3v) is 3.10. The first-order chi connectivity index (χ1) is 12.9. The zero-order valence-corrected chi connectivity index (χ0v) is 16.6. The molecule has 0 saturated carbocycles. The van der Waals surface area contributed by atoms with E-state index in [1.807, 2.05) is 0 Å². The topological polar surface area (TPSA) is 73.8 Å². The van der Waals surface area contributed by atoms with Crippen molar-refractivity contribution in [1.82, 2.24) is 0 Å². The summed E-state index contributed by atoms with van der Waals surface area (Å²) in [5.41, 5.74) is 0. The summed E-state index contributed by atoms with van der Waals surface area (Å²) >= 11 is 0. The van der Waals surface area contributed by atoms with Crippen LogP contribution < -0.4 is 0 Å². The fourth-order valence-corrected chi connectivity index (χ4v) is 1.67. The van der Waals surface area contributed by atoms with Gasteiger partial charge in [0.1, 0.15) is 0 Å². The van der Waals surface area contributed by atoms with Crippen molar-refractivity contribution in [3.63, 3.8) is 0 Å². The lowest BCUT2D eigenvalue weighted by molar-refractivity contribution is -0.000990. The van der Waals surface area contributed by atoms with E-state index in [4.69, 9.17) is 37.7 Å². The Balaban J connectivity index is 2.95. The minimum Gasteiger partial charge on any atom is -0.412 e. The average molecular weight is 380 g/mol. The van der Waals surface area contributed by atoms with Gasteiger partial charge in [-0.1, -0.05) is 13.3 Å². The van der Waals surface area contributed by atoms with Crippen LogP contribution in [0.2, 0.25) is 0 Å². The highest BCUT2D eigenvalue weighted by Crippen LogP contribution is 1.88. The zero-order chi connectivity index (χ0) is 19.0. The molecule has 0 unspecified atom stereocenters. The van der Waals surface area contributed by atoms with Gasteiger partial charge in [0.05, 0.1) is 79.3 Å². The standard InChI is InChI=1S/C17H37BO8/c1-3-4-5-20-8-9-23-14-16-25-18-26-17-15-24-13-12-22-11-10-21-7-6-19-2/h18H,3-17H2,1-2H3. The van der Waals surface area contributed by atoms with E-state index in [-0.39, 0.29) is 7.69 Å². The van der Waals surface area contributed by atoms with Crippen LogP contribution in [0.5, 0.6) is 0 Å². The Hall–Kier alpha value is -0.255. The first kappa shape index (κ1) is 25.7. The molecule has 0 rings (SSSR count). The van der Waals surface area contributed by atoms with E-state index in [1.165, 1.54) is 0 Å². The third-order valence-electron chi connectivity index (χ3n) is 3.10. The summed E-state index contributed by atoms with van der Waals surface area (Å²) in [5.74, 6) is 0. The second-order valence-electron chi connectivity index (χ2n) is 5.34. The zero-order valence-electron chi connectivity index (χ0n) is 16.6. The summed E-state index contributed by atoms with van der Waals surface area (Å²) in [6, 6.07) is 0. The number of unbranched alkanes of at least 4 members (excludes halogenated alkanes) is 1. The first-order valence-corrected chi connectivity index (χ1v) is 9.45. The van der Waals surface area contributed by atoms with Gasteiger partial charge in [-0.3, -0.25) is 0 Å². The van der Waals surface area contributed by atoms with Crippen LogP contribution in [0, 0.1) is 0 Å².